The molecule has 0 amide bonds. The van der Waals surface area contributed by atoms with Crippen molar-refractivity contribution in [1.29, 1.82) is 0 Å². The van der Waals surface area contributed by atoms with Crippen molar-refractivity contribution >= 4 is 10.1 Å². The third kappa shape index (κ3) is 2.06. The van der Waals surface area contributed by atoms with Crippen molar-refractivity contribution in [3.8, 4) is 0 Å². The van der Waals surface area contributed by atoms with E-state index in [4.69, 9.17) is 9.66 Å². The van der Waals surface area contributed by atoms with Gasteiger partial charge in [0.25, 0.3) is 10.1 Å². The van der Waals surface area contributed by atoms with Crippen LogP contribution >= 0.6 is 0 Å². The van der Waals surface area contributed by atoms with Crippen molar-refractivity contribution in [1.82, 2.24) is 0 Å². The highest BCUT2D eigenvalue weighted by atomic mass is 32.2. The predicted octanol–water partition coefficient (Wildman–Crippen LogP) is 0.844. The zero-order valence-electron chi connectivity index (χ0n) is 6.68. The Morgan fingerprint density at radius 1 is 1.21 bits per heavy atom. The van der Waals surface area contributed by atoms with E-state index in [0.29, 0.717) is 0 Å². The van der Waals surface area contributed by atoms with Crippen molar-refractivity contribution in [3.05, 3.63) is 35.4 Å². The molecule has 4 nitrogen and oxygen atoms in total. The second-order valence-corrected chi connectivity index (χ2v) is 3.98. The van der Waals surface area contributed by atoms with Crippen LogP contribution in [-0.2, 0) is 10.1 Å². The Morgan fingerprint density at radius 3 is 2.00 bits per heavy atom. The summed E-state index contributed by atoms with van der Waals surface area (Å²) in [7, 11) is -4.93. The van der Waals surface area contributed by atoms with Gasteiger partial charge in [-0.05, 0) is 12.1 Å². The molecule has 1 atom stereocenters. The summed E-state index contributed by atoms with van der Waals surface area (Å²) >= 11 is 0. The van der Waals surface area contributed by atoms with Gasteiger partial charge in [0, 0.05) is 0 Å². The SMILES string of the molecule is O=S(=O)(O)C(O)c1c(F)cccc1F. The van der Waals surface area contributed by atoms with Crippen molar-refractivity contribution in [2.24, 2.45) is 0 Å². The van der Waals surface area contributed by atoms with Crippen LogP contribution in [0.2, 0.25) is 0 Å². The molecular weight excluding hydrogens is 218 g/mol. The molecule has 14 heavy (non-hydrogen) atoms. The molecule has 78 valence electrons. The molecule has 0 spiro atoms. The van der Waals surface area contributed by atoms with Crippen molar-refractivity contribution in [3.63, 3.8) is 0 Å². The molecule has 0 aliphatic heterocycles. The summed E-state index contributed by atoms with van der Waals surface area (Å²) in [5.41, 5.74) is -3.70. The topological polar surface area (TPSA) is 74.6 Å². The Kier molecular flexibility index (Phi) is 2.84. The smallest absolute Gasteiger partial charge is 0.296 e. The van der Waals surface area contributed by atoms with Crippen LogP contribution in [0.3, 0.4) is 0 Å². The summed E-state index contributed by atoms with van der Waals surface area (Å²) in [5, 5.41) is 8.90. The van der Waals surface area contributed by atoms with E-state index >= 15 is 0 Å². The van der Waals surface area contributed by atoms with E-state index in [9.17, 15) is 17.2 Å². The highest BCUT2D eigenvalue weighted by Crippen LogP contribution is 2.23. The first-order valence-corrected chi connectivity index (χ1v) is 4.92. The third-order valence-electron chi connectivity index (χ3n) is 1.53. The average Bonchev–Trinajstić information content (AvgIpc) is 2.01. The number of rotatable bonds is 2. The van der Waals surface area contributed by atoms with Crippen molar-refractivity contribution in [2.75, 3.05) is 0 Å². The molecule has 0 aliphatic rings. The average molecular weight is 224 g/mol. The maximum atomic E-state index is 12.9. The number of hydrogen-bond donors (Lipinski definition) is 2. The summed E-state index contributed by atoms with van der Waals surface area (Å²) in [6.45, 7) is 0. The van der Waals surface area contributed by atoms with Crippen LogP contribution in [0.5, 0.6) is 0 Å². The van der Waals surface area contributed by atoms with Crippen LogP contribution < -0.4 is 0 Å². The molecule has 1 unspecified atom stereocenters. The van der Waals surface area contributed by atoms with Gasteiger partial charge in [-0.2, -0.15) is 8.42 Å². The molecule has 0 aromatic heterocycles. The Balaban J connectivity index is 3.33. The standard InChI is InChI=1S/C7H6F2O4S/c8-4-2-1-3-5(9)6(4)7(10)14(11,12)13/h1-3,7,10H,(H,11,12,13). The van der Waals surface area contributed by atoms with Crippen LogP contribution in [0.25, 0.3) is 0 Å². The lowest BCUT2D eigenvalue weighted by Crippen LogP contribution is -2.14. The zero-order chi connectivity index (χ0) is 10.9. The van der Waals surface area contributed by atoms with Gasteiger partial charge in [-0.3, -0.25) is 4.55 Å². The van der Waals surface area contributed by atoms with Gasteiger partial charge < -0.3 is 5.11 Å². The molecule has 2 N–H and O–H groups in total. The number of hydrogen-bond acceptors (Lipinski definition) is 3. The normalized spacial score (nSPS) is 14.0. The van der Waals surface area contributed by atoms with E-state index in [1.807, 2.05) is 0 Å². The largest absolute Gasteiger partial charge is 0.371 e. The first-order chi connectivity index (χ1) is 6.34. The second-order valence-electron chi connectivity index (χ2n) is 2.50. The first kappa shape index (κ1) is 11.0. The van der Waals surface area contributed by atoms with E-state index in [1.165, 1.54) is 0 Å². The highest BCUT2D eigenvalue weighted by Gasteiger charge is 2.28. The summed E-state index contributed by atoms with van der Waals surface area (Å²) < 4.78 is 54.9. The van der Waals surface area contributed by atoms with Crippen LogP contribution in [0, 0.1) is 11.6 Å². The van der Waals surface area contributed by atoms with E-state index in [0.717, 1.165) is 18.2 Å². The minimum Gasteiger partial charge on any atom is -0.371 e. The fourth-order valence-corrected chi connectivity index (χ4v) is 1.42. The summed E-state index contributed by atoms with van der Waals surface area (Å²) in [6.07, 6.45) is 0. The van der Waals surface area contributed by atoms with Crippen LogP contribution in [0.1, 0.15) is 11.0 Å². The lowest BCUT2D eigenvalue weighted by Gasteiger charge is -2.09. The Hall–Kier alpha value is -1.05. The lowest BCUT2D eigenvalue weighted by atomic mass is 10.2. The van der Waals surface area contributed by atoms with Gasteiger partial charge in [0.15, 0.2) is 0 Å². The molecule has 1 aromatic carbocycles. The molecule has 0 bridgehead atoms. The Labute approximate surface area is 78.6 Å². The van der Waals surface area contributed by atoms with Crippen molar-refractivity contribution < 1.29 is 26.9 Å². The molecule has 0 aliphatic carbocycles. The summed E-state index contributed by atoms with van der Waals surface area (Å²) in [5.74, 6) is -2.48. The summed E-state index contributed by atoms with van der Waals surface area (Å²) in [6, 6.07) is 2.55. The fourth-order valence-electron chi connectivity index (χ4n) is 0.896. The van der Waals surface area contributed by atoms with E-state index in [-0.39, 0.29) is 0 Å². The second kappa shape index (κ2) is 3.60. The minimum atomic E-state index is -4.93. The highest BCUT2D eigenvalue weighted by molar-refractivity contribution is 7.85. The van der Waals surface area contributed by atoms with Gasteiger partial charge >= 0.3 is 0 Å². The molecular formula is C7H6F2O4S. The number of benzene rings is 1. The molecule has 1 aromatic rings. The van der Waals surface area contributed by atoms with Gasteiger partial charge in [-0.15, -0.1) is 0 Å². The van der Waals surface area contributed by atoms with E-state index in [1.54, 1.807) is 0 Å². The molecule has 1 rings (SSSR count). The minimum absolute atomic E-state index is 0.771. The quantitative estimate of drug-likeness (QED) is 0.730. The maximum absolute atomic E-state index is 12.9. The third-order valence-corrected chi connectivity index (χ3v) is 2.33. The first-order valence-electron chi connectivity index (χ1n) is 3.42. The van der Waals surface area contributed by atoms with Gasteiger partial charge in [0.2, 0.25) is 5.44 Å². The molecule has 0 saturated heterocycles. The summed E-state index contributed by atoms with van der Waals surface area (Å²) in [4.78, 5) is 0. The molecule has 0 fully saturated rings. The number of aliphatic hydroxyl groups is 1. The zero-order valence-corrected chi connectivity index (χ0v) is 7.50. The lowest BCUT2D eigenvalue weighted by molar-refractivity contribution is 0.227. The van der Waals surface area contributed by atoms with Crippen LogP contribution in [-0.4, -0.2) is 18.1 Å². The van der Waals surface area contributed by atoms with E-state index < -0.39 is 32.8 Å². The molecule has 0 saturated carbocycles. The van der Waals surface area contributed by atoms with Crippen LogP contribution in [0.4, 0.5) is 8.78 Å². The number of halogens is 2. The van der Waals surface area contributed by atoms with Gasteiger partial charge in [0.1, 0.15) is 11.6 Å². The molecule has 0 heterocycles. The molecule has 7 heteroatoms. The predicted molar refractivity (Wildman–Crippen MR) is 42.9 cm³/mol. The van der Waals surface area contributed by atoms with Crippen molar-refractivity contribution in [2.45, 2.75) is 5.44 Å². The fraction of sp³-hybridized carbons (Fsp3) is 0.143. The van der Waals surface area contributed by atoms with Crippen LogP contribution in [0.15, 0.2) is 18.2 Å². The number of aliphatic hydroxyl groups excluding tert-OH is 1. The Morgan fingerprint density at radius 2 is 1.64 bits per heavy atom. The maximum Gasteiger partial charge on any atom is 0.296 e. The molecule has 0 radical (unpaired) electrons. The monoisotopic (exact) mass is 224 g/mol. The van der Waals surface area contributed by atoms with Gasteiger partial charge in [-0.25, -0.2) is 8.78 Å². The van der Waals surface area contributed by atoms with E-state index in [2.05, 4.69) is 0 Å². The Bertz CT molecular complexity index is 423. The van der Waals surface area contributed by atoms with Gasteiger partial charge in [0.05, 0.1) is 5.56 Å². The van der Waals surface area contributed by atoms with Gasteiger partial charge in [-0.1, -0.05) is 6.07 Å².